The summed E-state index contributed by atoms with van der Waals surface area (Å²) >= 11 is 0. The molecule has 35 heavy (non-hydrogen) atoms. The van der Waals surface area contributed by atoms with E-state index in [9.17, 15) is 0 Å². The molecule has 1 aromatic rings. The van der Waals surface area contributed by atoms with Gasteiger partial charge in [0, 0.05) is 47.3 Å². The molecule has 6 nitrogen and oxygen atoms in total. The largest absolute Gasteiger partial charge is 0.422 e. The number of rotatable bonds is 4. The van der Waals surface area contributed by atoms with Gasteiger partial charge in [-0.05, 0) is 107 Å². The maximum Gasteiger partial charge on any atom is 0.396 e. The van der Waals surface area contributed by atoms with Gasteiger partial charge in [0.15, 0.2) is 0 Å². The van der Waals surface area contributed by atoms with Gasteiger partial charge in [-0.15, -0.1) is 0 Å². The van der Waals surface area contributed by atoms with Crippen molar-refractivity contribution in [2.75, 3.05) is 27.2 Å². The molecule has 0 bridgehead atoms. The van der Waals surface area contributed by atoms with E-state index in [-0.39, 0.29) is 34.2 Å². The minimum absolute atomic E-state index is 0.0228. The number of para-hydroxylation sites is 1. The summed E-state index contributed by atoms with van der Waals surface area (Å²) in [6.45, 7) is 20.1. The van der Waals surface area contributed by atoms with Crippen molar-refractivity contribution >= 4 is 7.67 Å². The van der Waals surface area contributed by atoms with Gasteiger partial charge in [0.2, 0.25) is 0 Å². The zero-order valence-electron chi connectivity index (χ0n) is 23.8. The summed E-state index contributed by atoms with van der Waals surface area (Å²) in [6.07, 6.45) is 3.92. The summed E-state index contributed by atoms with van der Waals surface area (Å²) in [5, 5.41) is 0. The molecule has 0 aliphatic carbocycles. The first kappa shape index (κ1) is 27.1. The number of hydrogen-bond acceptors (Lipinski definition) is 4. The lowest BCUT2D eigenvalue weighted by atomic mass is 9.77. The van der Waals surface area contributed by atoms with Crippen LogP contribution in [0.3, 0.4) is 0 Å². The van der Waals surface area contributed by atoms with Crippen molar-refractivity contribution in [2.24, 2.45) is 0 Å². The molecule has 0 N–H and O–H groups in total. The molecule has 0 atom stereocenters. The Balaban J connectivity index is 1.72. The molecule has 0 amide bonds. The number of hydrogen-bond donors (Lipinski definition) is 0. The van der Waals surface area contributed by atoms with E-state index < -0.39 is 7.67 Å². The van der Waals surface area contributed by atoms with E-state index in [2.05, 4.69) is 88.6 Å². The van der Waals surface area contributed by atoms with E-state index in [0.717, 1.165) is 38.8 Å². The Labute approximate surface area is 214 Å². The van der Waals surface area contributed by atoms with E-state index in [1.807, 2.05) is 30.3 Å². The fourth-order valence-electron chi connectivity index (χ4n) is 7.17. The fourth-order valence-corrected chi connectivity index (χ4v) is 9.90. The lowest BCUT2D eigenvalue weighted by molar-refractivity contribution is -0.0338. The van der Waals surface area contributed by atoms with Crippen molar-refractivity contribution in [3.05, 3.63) is 30.3 Å². The molecule has 0 saturated carbocycles. The highest BCUT2D eigenvalue weighted by Crippen LogP contribution is 2.63. The molecule has 0 spiro atoms. The maximum absolute atomic E-state index is 15.3. The van der Waals surface area contributed by atoms with Gasteiger partial charge in [0.25, 0.3) is 0 Å². The molecule has 3 aliphatic heterocycles. The zero-order valence-corrected chi connectivity index (χ0v) is 24.7. The van der Waals surface area contributed by atoms with E-state index in [1.54, 1.807) is 0 Å². The molecule has 0 radical (unpaired) electrons. The third-order valence-corrected chi connectivity index (χ3v) is 12.4. The van der Waals surface area contributed by atoms with Gasteiger partial charge >= 0.3 is 7.67 Å². The van der Waals surface area contributed by atoms with Crippen molar-refractivity contribution in [3.63, 3.8) is 0 Å². The van der Waals surface area contributed by atoms with Crippen LogP contribution in [0.15, 0.2) is 30.3 Å². The van der Waals surface area contributed by atoms with E-state index >= 15 is 4.57 Å². The van der Waals surface area contributed by atoms with Gasteiger partial charge in [-0.25, -0.2) is 13.9 Å². The van der Waals surface area contributed by atoms with E-state index in [1.165, 1.54) is 0 Å². The lowest BCUT2D eigenvalue weighted by Gasteiger charge is -2.56. The zero-order chi connectivity index (χ0) is 26.0. The number of piperidine rings is 2. The van der Waals surface area contributed by atoms with Gasteiger partial charge in [-0.3, -0.25) is 9.80 Å². The van der Waals surface area contributed by atoms with Gasteiger partial charge in [-0.1, -0.05) is 18.2 Å². The standard InChI is InChI=1S/C28H49N4O2P/c1-25(2)18-22(19-26(3,4)29(25)9)31-16-17-32(35(31,33)34-24-14-12-11-13-15-24)23-20-27(5,6)30(10)28(7,8)21-23/h11-15,22-23H,16-21H2,1-10H3. The molecule has 0 unspecified atom stereocenters. The smallest absolute Gasteiger partial charge is 0.396 e. The summed E-state index contributed by atoms with van der Waals surface area (Å²) in [5.74, 6) is 0.700. The van der Waals surface area contributed by atoms with Crippen molar-refractivity contribution < 1.29 is 9.09 Å². The summed E-state index contributed by atoms with van der Waals surface area (Å²) in [6, 6.07) is 10.2. The Morgan fingerprint density at radius 3 is 1.37 bits per heavy atom. The van der Waals surface area contributed by atoms with Crippen LogP contribution in [0.5, 0.6) is 5.75 Å². The lowest BCUT2D eigenvalue weighted by Crippen LogP contribution is -2.62. The molecule has 7 heteroatoms. The molecule has 3 saturated heterocycles. The predicted molar refractivity (Wildman–Crippen MR) is 146 cm³/mol. The third kappa shape index (κ3) is 4.86. The van der Waals surface area contributed by atoms with Crippen molar-refractivity contribution in [1.82, 2.24) is 19.1 Å². The van der Waals surface area contributed by atoms with Crippen molar-refractivity contribution in [1.29, 1.82) is 0 Å². The molecular formula is C28H49N4O2P. The van der Waals surface area contributed by atoms with Crippen LogP contribution in [-0.2, 0) is 4.57 Å². The van der Waals surface area contributed by atoms with E-state index in [4.69, 9.17) is 4.52 Å². The number of benzene rings is 1. The van der Waals surface area contributed by atoms with E-state index in [0.29, 0.717) is 5.75 Å². The molecule has 1 aromatic carbocycles. The summed E-state index contributed by atoms with van der Waals surface area (Å²) in [7, 11) is 1.18. The average molecular weight is 505 g/mol. The SMILES string of the molecule is CN1C(C)(C)CC(N2CCN(C3CC(C)(C)N(C)C(C)(C)C3)P2(=O)Oc2ccccc2)CC1(C)C. The van der Waals surface area contributed by atoms with Crippen molar-refractivity contribution in [3.8, 4) is 5.75 Å². The monoisotopic (exact) mass is 504 g/mol. The maximum atomic E-state index is 15.3. The second-order valence-electron chi connectivity index (χ2n) is 13.7. The first-order chi connectivity index (χ1) is 16.0. The van der Waals surface area contributed by atoms with Gasteiger partial charge in [0.1, 0.15) is 5.75 Å². The topological polar surface area (TPSA) is 39.3 Å². The van der Waals surface area contributed by atoms with Crippen LogP contribution in [0, 0.1) is 0 Å². The van der Waals surface area contributed by atoms with Crippen LogP contribution < -0.4 is 4.52 Å². The molecule has 4 rings (SSSR count). The quantitative estimate of drug-likeness (QED) is 0.462. The van der Waals surface area contributed by atoms with Crippen LogP contribution >= 0.6 is 7.67 Å². The first-order valence-electron chi connectivity index (χ1n) is 13.4. The Kier molecular flexibility index (Phi) is 6.85. The van der Waals surface area contributed by atoms with Crippen LogP contribution in [0.2, 0.25) is 0 Å². The Hall–Kier alpha value is -0.910. The Bertz CT molecular complexity index is 871. The Morgan fingerprint density at radius 2 is 1.03 bits per heavy atom. The average Bonchev–Trinajstić information content (AvgIpc) is 3.06. The first-order valence-corrected chi connectivity index (χ1v) is 14.9. The third-order valence-electron chi connectivity index (χ3n) is 9.59. The molecule has 3 aliphatic rings. The molecule has 198 valence electrons. The van der Waals surface area contributed by atoms with Gasteiger partial charge in [0.05, 0.1) is 0 Å². The number of nitrogens with zero attached hydrogens (tertiary/aromatic N) is 4. The van der Waals surface area contributed by atoms with Gasteiger partial charge < -0.3 is 4.52 Å². The predicted octanol–water partition coefficient (Wildman–Crippen LogP) is 6.09. The Morgan fingerprint density at radius 1 is 0.686 bits per heavy atom. The van der Waals surface area contributed by atoms with Crippen molar-refractivity contribution in [2.45, 2.75) is 115 Å². The van der Waals surface area contributed by atoms with Crippen LogP contribution in [-0.4, -0.2) is 80.6 Å². The molecule has 0 aromatic heterocycles. The van der Waals surface area contributed by atoms with Crippen LogP contribution in [0.4, 0.5) is 0 Å². The minimum atomic E-state index is -3.28. The summed E-state index contributed by atoms with van der Waals surface area (Å²) in [5.41, 5.74) is 0.0911. The van der Waals surface area contributed by atoms with Crippen LogP contribution in [0.1, 0.15) is 81.1 Å². The fraction of sp³-hybridized carbons (Fsp3) is 0.786. The number of likely N-dealkylation sites (tertiary alicyclic amines) is 2. The second kappa shape index (κ2) is 8.84. The van der Waals surface area contributed by atoms with Crippen LogP contribution in [0.25, 0.3) is 0 Å². The highest BCUT2D eigenvalue weighted by Gasteiger charge is 2.57. The molecular weight excluding hydrogens is 455 g/mol. The summed E-state index contributed by atoms with van der Waals surface area (Å²) in [4.78, 5) is 4.99. The summed E-state index contributed by atoms with van der Waals surface area (Å²) < 4.78 is 26.4. The second-order valence-corrected chi connectivity index (χ2v) is 15.9. The minimum Gasteiger partial charge on any atom is -0.422 e. The molecule has 3 heterocycles. The highest BCUT2D eigenvalue weighted by atomic mass is 31.2. The normalized spacial score (nSPS) is 29.9. The molecule has 3 fully saturated rings. The highest BCUT2D eigenvalue weighted by molar-refractivity contribution is 7.54. The van der Waals surface area contributed by atoms with Gasteiger partial charge in [-0.2, -0.15) is 0 Å².